The van der Waals surface area contributed by atoms with E-state index in [-0.39, 0.29) is 23.9 Å². The van der Waals surface area contributed by atoms with Crippen molar-refractivity contribution in [2.75, 3.05) is 46.4 Å². The van der Waals surface area contributed by atoms with Gasteiger partial charge in [0.2, 0.25) is 5.09 Å². The van der Waals surface area contributed by atoms with Crippen LogP contribution in [-0.4, -0.2) is 75.1 Å². The molecule has 3 N–H and O–H groups in total. The lowest BCUT2D eigenvalue weighted by atomic mass is 10.4. The fraction of sp³-hybridized carbons (Fsp3) is 0.538. The number of nitrogens with two attached hydrogens (primary N) is 1. The number of primary amides is 1. The van der Waals surface area contributed by atoms with Crippen LogP contribution in [0, 0.1) is 0 Å². The number of nitrogens with one attached hydrogen (secondary N) is 1. The zero-order chi connectivity index (χ0) is 17.7. The number of sulfonamides is 1. The molecule has 24 heavy (non-hydrogen) atoms. The minimum atomic E-state index is -3.80. The summed E-state index contributed by atoms with van der Waals surface area (Å²) in [5.74, 6) is -0.996. The standard InChI is InChI=1S/C13H20N4O5S2/c1-21-9-4-15-13(23)16-5-7-17(8-6-16)24(19,20)11-3-2-10(22-11)12(14)18/h2-3H,4-9H2,1H3,(H2,14,18)(H,15,23). The summed E-state index contributed by atoms with van der Waals surface area (Å²) in [7, 11) is -2.19. The van der Waals surface area contributed by atoms with E-state index in [1.165, 1.54) is 16.4 Å². The molecule has 0 aliphatic carbocycles. The number of thiocarbonyl (C=S) groups is 1. The van der Waals surface area contributed by atoms with Gasteiger partial charge in [-0.15, -0.1) is 0 Å². The molecule has 0 spiro atoms. The first-order valence-corrected chi connectivity index (χ1v) is 9.12. The smallest absolute Gasteiger partial charge is 0.284 e. The predicted molar refractivity (Wildman–Crippen MR) is 90.0 cm³/mol. The highest BCUT2D eigenvalue weighted by Crippen LogP contribution is 2.20. The molecule has 0 radical (unpaired) electrons. The summed E-state index contributed by atoms with van der Waals surface area (Å²) in [6, 6.07) is 2.49. The molecule has 0 atom stereocenters. The van der Waals surface area contributed by atoms with Crippen molar-refractivity contribution in [1.82, 2.24) is 14.5 Å². The zero-order valence-corrected chi connectivity index (χ0v) is 14.9. The number of hydrogen-bond donors (Lipinski definition) is 2. The molecule has 2 heterocycles. The number of furan rings is 1. The Kier molecular flexibility index (Phi) is 6.15. The van der Waals surface area contributed by atoms with Gasteiger partial charge in [-0.3, -0.25) is 4.79 Å². The summed E-state index contributed by atoms with van der Waals surface area (Å²) in [6.07, 6.45) is 0. The molecule has 1 aliphatic heterocycles. The van der Waals surface area contributed by atoms with E-state index in [2.05, 4.69) is 5.32 Å². The number of methoxy groups -OCH3 is 1. The maximum absolute atomic E-state index is 12.5. The van der Waals surface area contributed by atoms with Gasteiger partial charge >= 0.3 is 0 Å². The molecule has 1 fully saturated rings. The molecule has 1 aliphatic rings. The molecule has 1 saturated heterocycles. The molecule has 1 aromatic heterocycles. The number of carbonyl (C=O) groups is 1. The van der Waals surface area contributed by atoms with E-state index in [1.54, 1.807) is 7.11 Å². The molecule has 134 valence electrons. The fourth-order valence-corrected chi connectivity index (χ4v) is 3.84. The average molecular weight is 376 g/mol. The first-order valence-electron chi connectivity index (χ1n) is 7.27. The third-order valence-electron chi connectivity index (χ3n) is 3.53. The van der Waals surface area contributed by atoms with Gasteiger partial charge in [0.1, 0.15) is 0 Å². The Bertz CT molecular complexity index is 695. The molecular weight excluding hydrogens is 356 g/mol. The lowest BCUT2D eigenvalue weighted by Gasteiger charge is -2.35. The molecule has 0 unspecified atom stereocenters. The van der Waals surface area contributed by atoms with Gasteiger partial charge in [0.15, 0.2) is 10.9 Å². The van der Waals surface area contributed by atoms with Crippen molar-refractivity contribution in [3.63, 3.8) is 0 Å². The van der Waals surface area contributed by atoms with Crippen LogP contribution in [0.5, 0.6) is 0 Å². The molecule has 0 saturated carbocycles. The highest BCUT2D eigenvalue weighted by atomic mass is 32.2. The van der Waals surface area contributed by atoms with Gasteiger partial charge in [0.25, 0.3) is 15.9 Å². The summed E-state index contributed by atoms with van der Waals surface area (Å²) in [4.78, 5) is 12.9. The maximum atomic E-state index is 12.5. The van der Waals surface area contributed by atoms with Crippen molar-refractivity contribution in [2.45, 2.75) is 5.09 Å². The second-order valence-corrected chi connectivity index (χ2v) is 7.35. The van der Waals surface area contributed by atoms with Crippen molar-refractivity contribution >= 4 is 33.3 Å². The SMILES string of the molecule is COCCNC(=S)N1CCN(S(=O)(=O)c2ccc(C(N)=O)o2)CC1. The van der Waals surface area contributed by atoms with Crippen LogP contribution in [0.25, 0.3) is 0 Å². The van der Waals surface area contributed by atoms with Crippen molar-refractivity contribution < 1.29 is 22.4 Å². The van der Waals surface area contributed by atoms with Crippen molar-refractivity contribution in [3.05, 3.63) is 17.9 Å². The van der Waals surface area contributed by atoms with Gasteiger partial charge < -0.3 is 25.1 Å². The normalized spacial score (nSPS) is 16.1. The monoisotopic (exact) mass is 376 g/mol. The van der Waals surface area contributed by atoms with E-state index in [0.29, 0.717) is 31.4 Å². The first-order chi connectivity index (χ1) is 11.4. The number of hydrogen-bond acceptors (Lipinski definition) is 6. The largest absolute Gasteiger partial charge is 0.438 e. The Morgan fingerprint density at radius 2 is 2.04 bits per heavy atom. The number of amides is 1. The highest BCUT2D eigenvalue weighted by Gasteiger charge is 2.31. The zero-order valence-electron chi connectivity index (χ0n) is 13.2. The Morgan fingerprint density at radius 1 is 1.38 bits per heavy atom. The van der Waals surface area contributed by atoms with E-state index in [1.807, 2.05) is 4.90 Å². The minimum Gasteiger partial charge on any atom is -0.438 e. The first kappa shape index (κ1) is 18.6. The van der Waals surface area contributed by atoms with E-state index in [0.717, 1.165) is 0 Å². The van der Waals surface area contributed by atoms with E-state index in [9.17, 15) is 13.2 Å². The molecule has 9 nitrogen and oxygen atoms in total. The van der Waals surface area contributed by atoms with Gasteiger partial charge in [-0.05, 0) is 24.4 Å². The number of piperazine rings is 1. The second-order valence-electron chi connectivity index (χ2n) is 5.10. The summed E-state index contributed by atoms with van der Waals surface area (Å²) < 4.78 is 36.3. The van der Waals surface area contributed by atoms with Gasteiger partial charge in [-0.2, -0.15) is 4.31 Å². The lowest BCUT2D eigenvalue weighted by molar-refractivity contribution is 0.0968. The number of nitrogens with zero attached hydrogens (tertiary/aromatic N) is 2. The van der Waals surface area contributed by atoms with Gasteiger partial charge in [0, 0.05) is 39.8 Å². The summed E-state index contributed by atoms with van der Waals surface area (Å²) >= 11 is 5.27. The van der Waals surface area contributed by atoms with E-state index >= 15 is 0 Å². The van der Waals surface area contributed by atoms with Crippen molar-refractivity contribution in [3.8, 4) is 0 Å². The van der Waals surface area contributed by atoms with Crippen LogP contribution in [0.3, 0.4) is 0 Å². The Morgan fingerprint density at radius 3 is 2.58 bits per heavy atom. The maximum Gasteiger partial charge on any atom is 0.284 e. The molecule has 1 amide bonds. The third-order valence-corrected chi connectivity index (χ3v) is 5.70. The van der Waals surface area contributed by atoms with Crippen molar-refractivity contribution in [2.24, 2.45) is 5.73 Å². The van der Waals surface area contributed by atoms with Crippen LogP contribution in [0.15, 0.2) is 21.6 Å². The summed E-state index contributed by atoms with van der Waals surface area (Å²) in [5.41, 5.74) is 5.07. The fourth-order valence-electron chi connectivity index (χ4n) is 2.22. The molecule has 1 aromatic rings. The Labute approximate surface area is 145 Å². The van der Waals surface area contributed by atoms with Gasteiger partial charge in [-0.1, -0.05) is 0 Å². The van der Waals surface area contributed by atoms with Crippen molar-refractivity contribution in [1.29, 1.82) is 0 Å². The van der Waals surface area contributed by atoms with E-state index < -0.39 is 15.9 Å². The second kappa shape index (κ2) is 7.92. The van der Waals surface area contributed by atoms with Gasteiger partial charge in [0.05, 0.1) is 6.61 Å². The van der Waals surface area contributed by atoms with Crippen LogP contribution in [0.2, 0.25) is 0 Å². The molecular formula is C13H20N4O5S2. The van der Waals surface area contributed by atoms with Crippen LogP contribution < -0.4 is 11.1 Å². The van der Waals surface area contributed by atoms with Crippen LogP contribution in [-0.2, 0) is 14.8 Å². The minimum absolute atomic E-state index is 0.185. The summed E-state index contributed by atoms with van der Waals surface area (Å²) in [6.45, 7) is 2.58. The molecule has 11 heteroatoms. The summed E-state index contributed by atoms with van der Waals surface area (Å²) in [5, 5.41) is 3.33. The van der Waals surface area contributed by atoms with Crippen LogP contribution >= 0.6 is 12.2 Å². The van der Waals surface area contributed by atoms with Crippen LogP contribution in [0.1, 0.15) is 10.6 Å². The number of ether oxygens (including phenoxy) is 1. The average Bonchev–Trinajstić information content (AvgIpc) is 3.06. The number of carbonyl (C=O) groups excluding carboxylic acids is 1. The number of rotatable bonds is 6. The van der Waals surface area contributed by atoms with Crippen LogP contribution in [0.4, 0.5) is 0 Å². The Hall–Kier alpha value is -1.69. The lowest BCUT2D eigenvalue weighted by Crippen LogP contribution is -2.53. The molecule has 0 bridgehead atoms. The molecule has 0 aromatic carbocycles. The predicted octanol–water partition coefficient (Wildman–Crippen LogP) is -0.794. The quantitative estimate of drug-likeness (QED) is 0.490. The Balaban J connectivity index is 1.95. The third kappa shape index (κ3) is 4.23. The van der Waals surface area contributed by atoms with E-state index in [4.69, 9.17) is 27.1 Å². The van der Waals surface area contributed by atoms with Gasteiger partial charge in [-0.25, -0.2) is 8.42 Å². The topological polar surface area (TPSA) is 118 Å². The highest BCUT2D eigenvalue weighted by molar-refractivity contribution is 7.89. The molecule has 2 rings (SSSR count).